The summed E-state index contributed by atoms with van der Waals surface area (Å²) < 4.78 is 2.76. The van der Waals surface area contributed by atoms with E-state index in [0.29, 0.717) is 0 Å². The van der Waals surface area contributed by atoms with Gasteiger partial charge in [-0.2, -0.15) is 0 Å². The van der Waals surface area contributed by atoms with Crippen LogP contribution >= 0.6 is 15.9 Å². The molecule has 1 aromatic rings. The molecule has 0 radical (unpaired) electrons. The quantitative estimate of drug-likeness (QED) is 0.690. The highest BCUT2D eigenvalue weighted by Crippen LogP contribution is 2.41. The van der Waals surface area contributed by atoms with Crippen LogP contribution in [0.3, 0.4) is 0 Å². The zero-order valence-electron chi connectivity index (χ0n) is 5.71. The number of nitrogens with zero attached hydrogens (tertiary/aromatic N) is 3. The SMILES string of the molecule is Cn1nnc(Br)c1C1CC1. The summed E-state index contributed by atoms with van der Waals surface area (Å²) in [6.07, 6.45) is 2.58. The molecule has 1 aliphatic carbocycles. The van der Waals surface area contributed by atoms with E-state index in [1.54, 1.807) is 0 Å². The molecule has 0 saturated heterocycles. The Morgan fingerprint density at radius 3 is 2.70 bits per heavy atom. The Labute approximate surface area is 67.5 Å². The molecule has 1 fully saturated rings. The average molecular weight is 202 g/mol. The third kappa shape index (κ3) is 0.868. The predicted molar refractivity (Wildman–Crippen MR) is 40.7 cm³/mol. The molecular formula is C6H8BrN3. The number of aryl methyl sites for hydroxylation is 1. The van der Waals surface area contributed by atoms with Crippen molar-refractivity contribution in [2.45, 2.75) is 18.8 Å². The van der Waals surface area contributed by atoms with Gasteiger partial charge in [0.15, 0.2) is 4.60 Å². The molecule has 4 heteroatoms. The van der Waals surface area contributed by atoms with Crippen LogP contribution in [0.15, 0.2) is 4.60 Å². The van der Waals surface area contributed by atoms with Gasteiger partial charge in [-0.25, -0.2) is 0 Å². The van der Waals surface area contributed by atoms with Crippen molar-refractivity contribution in [1.82, 2.24) is 15.0 Å². The normalized spacial score (nSPS) is 17.8. The van der Waals surface area contributed by atoms with E-state index in [4.69, 9.17) is 0 Å². The van der Waals surface area contributed by atoms with Gasteiger partial charge in [-0.3, -0.25) is 4.68 Å². The van der Waals surface area contributed by atoms with Gasteiger partial charge < -0.3 is 0 Å². The predicted octanol–water partition coefficient (Wildman–Crippen LogP) is 1.45. The van der Waals surface area contributed by atoms with Crippen LogP contribution in [0.1, 0.15) is 24.5 Å². The maximum absolute atomic E-state index is 3.91. The van der Waals surface area contributed by atoms with E-state index in [9.17, 15) is 0 Å². The molecule has 0 atom stereocenters. The number of hydrogen-bond acceptors (Lipinski definition) is 2. The van der Waals surface area contributed by atoms with Crippen LogP contribution in [0.4, 0.5) is 0 Å². The molecule has 0 amide bonds. The molecule has 0 unspecified atom stereocenters. The summed E-state index contributed by atoms with van der Waals surface area (Å²) >= 11 is 3.36. The highest BCUT2D eigenvalue weighted by atomic mass is 79.9. The first-order valence-electron chi connectivity index (χ1n) is 3.34. The lowest BCUT2D eigenvalue weighted by molar-refractivity contribution is 0.679. The molecule has 0 bridgehead atoms. The third-order valence-corrected chi connectivity index (χ3v) is 2.36. The van der Waals surface area contributed by atoms with E-state index in [1.165, 1.54) is 18.5 Å². The van der Waals surface area contributed by atoms with E-state index < -0.39 is 0 Å². The molecule has 1 heterocycles. The number of rotatable bonds is 1. The van der Waals surface area contributed by atoms with Gasteiger partial charge >= 0.3 is 0 Å². The van der Waals surface area contributed by atoms with E-state index >= 15 is 0 Å². The lowest BCUT2D eigenvalue weighted by atomic mass is 10.3. The lowest BCUT2D eigenvalue weighted by Crippen LogP contribution is -1.95. The van der Waals surface area contributed by atoms with E-state index in [0.717, 1.165) is 10.5 Å². The summed E-state index contributed by atoms with van der Waals surface area (Å²) in [5.41, 5.74) is 1.25. The summed E-state index contributed by atoms with van der Waals surface area (Å²) in [7, 11) is 1.94. The Bertz CT molecular complexity index is 232. The highest BCUT2D eigenvalue weighted by molar-refractivity contribution is 9.10. The van der Waals surface area contributed by atoms with Crippen molar-refractivity contribution >= 4 is 15.9 Å². The van der Waals surface area contributed by atoms with Gasteiger partial charge in [0.25, 0.3) is 0 Å². The van der Waals surface area contributed by atoms with Gasteiger partial charge in [0.2, 0.25) is 0 Å². The second-order valence-electron chi connectivity index (χ2n) is 2.66. The molecule has 10 heavy (non-hydrogen) atoms. The van der Waals surface area contributed by atoms with Crippen molar-refractivity contribution in [2.75, 3.05) is 0 Å². The monoisotopic (exact) mass is 201 g/mol. The second-order valence-corrected chi connectivity index (χ2v) is 3.41. The third-order valence-electron chi connectivity index (χ3n) is 1.79. The Morgan fingerprint density at radius 2 is 2.30 bits per heavy atom. The molecule has 2 rings (SSSR count). The fourth-order valence-corrected chi connectivity index (χ4v) is 1.78. The second kappa shape index (κ2) is 2.05. The van der Waals surface area contributed by atoms with Crippen molar-refractivity contribution in [1.29, 1.82) is 0 Å². The molecule has 1 saturated carbocycles. The summed E-state index contributed by atoms with van der Waals surface area (Å²) in [5, 5.41) is 7.80. The Hall–Kier alpha value is -0.380. The van der Waals surface area contributed by atoms with Crippen molar-refractivity contribution in [3.05, 3.63) is 10.3 Å². The first-order chi connectivity index (χ1) is 4.79. The summed E-state index contributed by atoms with van der Waals surface area (Å²) in [6, 6.07) is 0. The largest absolute Gasteiger partial charge is 0.251 e. The van der Waals surface area contributed by atoms with Gasteiger partial charge in [0.1, 0.15) is 0 Å². The van der Waals surface area contributed by atoms with E-state index in [2.05, 4.69) is 26.2 Å². The van der Waals surface area contributed by atoms with Crippen LogP contribution in [0.25, 0.3) is 0 Å². The van der Waals surface area contributed by atoms with Crippen molar-refractivity contribution in [3.8, 4) is 0 Å². The maximum atomic E-state index is 3.91. The molecule has 54 valence electrons. The maximum Gasteiger partial charge on any atom is 0.151 e. The van der Waals surface area contributed by atoms with Crippen molar-refractivity contribution in [3.63, 3.8) is 0 Å². The minimum atomic E-state index is 0.717. The zero-order valence-corrected chi connectivity index (χ0v) is 7.30. The van der Waals surface area contributed by atoms with Crippen LogP contribution in [-0.2, 0) is 7.05 Å². The minimum absolute atomic E-state index is 0.717. The lowest BCUT2D eigenvalue weighted by Gasteiger charge is -1.94. The molecule has 3 nitrogen and oxygen atoms in total. The summed E-state index contributed by atoms with van der Waals surface area (Å²) in [5.74, 6) is 0.717. The van der Waals surface area contributed by atoms with Crippen molar-refractivity contribution in [2.24, 2.45) is 7.05 Å². The molecule has 1 aliphatic rings. The van der Waals surface area contributed by atoms with Crippen LogP contribution in [0.2, 0.25) is 0 Å². The Kier molecular flexibility index (Phi) is 1.30. The fraction of sp³-hybridized carbons (Fsp3) is 0.667. The molecule has 0 N–H and O–H groups in total. The molecular weight excluding hydrogens is 194 g/mol. The Morgan fingerprint density at radius 1 is 1.60 bits per heavy atom. The highest BCUT2D eigenvalue weighted by Gasteiger charge is 2.29. The van der Waals surface area contributed by atoms with E-state index in [1.807, 2.05) is 11.7 Å². The summed E-state index contributed by atoms with van der Waals surface area (Å²) in [4.78, 5) is 0. The van der Waals surface area contributed by atoms with Crippen LogP contribution in [0.5, 0.6) is 0 Å². The van der Waals surface area contributed by atoms with Gasteiger partial charge in [-0.05, 0) is 28.8 Å². The van der Waals surface area contributed by atoms with Gasteiger partial charge in [-0.15, -0.1) is 5.10 Å². The number of halogens is 1. The smallest absolute Gasteiger partial charge is 0.151 e. The number of aromatic nitrogens is 3. The van der Waals surface area contributed by atoms with Gasteiger partial charge in [-0.1, -0.05) is 5.21 Å². The molecule has 1 aromatic heterocycles. The van der Waals surface area contributed by atoms with Crippen LogP contribution in [0, 0.1) is 0 Å². The summed E-state index contributed by atoms with van der Waals surface area (Å²) in [6.45, 7) is 0. The standard InChI is InChI=1S/C6H8BrN3/c1-10-5(4-2-3-4)6(7)8-9-10/h4H,2-3H2,1H3. The minimum Gasteiger partial charge on any atom is -0.251 e. The number of hydrogen-bond donors (Lipinski definition) is 0. The molecule has 0 aromatic carbocycles. The zero-order chi connectivity index (χ0) is 7.14. The fourth-order valence-electron chi connectivity index (χ4n) is 1.13. The molecule has 0 spiro atoms. The van der Waals surface area contributed by atoms with Crippen LogP contribution < -0.4 is 0 Å². The van der Waals surface area contributed by atoms with Gasteiger partial charge in [0, 0.05) is 13.0 Å². The van der Waals surface area contributed by atoms with Crippen LogP contribution in [-0.4, -0.2) is 15.0 Å². The Balaban J connectivity index is 2.44. The van der Waals surface area contributed by atoms with Gasteiger partial charge in [0.05, 0.1) is 5.69 Å². The van der Waals surface area contributed by atoms with Crippen molar-refractivity contribution < 1.29 is 0 Å². The topological polar surface area (TPSA) is 30.7 Å². The first-order valence-corrected chi connectivity index (χ1v) is 4.13. The average Bonchev–Trinajstić information content (AvgIpc) is 2.64. The molecule has 0 aliphatic heterocycles. The first kappa shape index (κ1) is 6.34. The van der Waals surface area contributed by atoms with E-state index in [-0.39, 0.29) is 0 Å².